The molecule has 3 aliphatic rings. The van der Waals surface area contributed by atoms with Crippen molar-refractivity contribution < 1.29 is 44.5 Å². The van der Waals surface area contributed by atoms with Crippen LogP contribution in [-0.2, 0) is 18.9 Å². The maximum Gasteiger partial charge on any atom is 0.186 e. The number of aliphatic hydroxyl groups is 5. The maximum absolute atomic E-state index is 11.1. The summed E-state index contributed by atoms with van der Waals surface area (Å²) in [5.74, 6) is 0. The molecule has 0 amide bonds. The lowest BCUT2D eigenvalue weighted by molar-refractivity contribution is -0.316. The zero-order valence-electron chi connectivity index (χ0n) is 20.0. The Morgan fingerprint density at radius 2 is 1.31 bits per heavy atom. The molecule has 15 atom stereocenters. The summed E-state index contributed by atoms with van der Waals surface area (Å²) >= 11 is 0. The lowest BCUT2D eigenvalue weighted by Gasteiger charge is -2.49. The molecule has 1 aliphatic carbocycles. The van der Waals surface area contributed by atoms with Gasteiger partial charge in [0.2, 0.25) is 0 Å². The van der Waals surface area contributed by atoms with E-state index in [4.69, 9.17) is 47.6 Å². The Bertz CT molecular complexity index is 679. The molecular weight excluding hydrogens is 468 g/mol. The van der Waals surface area contributed by atoms with Gasteiger partial charge in [0.25, 0.3) is 0 Å². The van der Waals surface area contributed by atoms with Crippen LogP contribution < -0.4 is 28.7 Å². The first-order valence-electron chi connectivity index (χ1n) is 11.8. The van der Waals surface area contributed by atoms with Gasteiger partial charge in [0.05, 0.1) is 36.9 Å². The summed E-state index contributed by atoms with van der Waals surface area (Å²) in [4.78, 5) is 1.76. The van der Waals surface area contributed by atoms with Crippen LogP contribution in [0, 0.1) is 0 Å². The molecule has 0 radical (unpaired) electrons. The van der Waals surface area contributed by atoms with Crippen LogP contribution in [-0.4, -0.2) is 149 Å². The SMILES string of the molecule is CN(C)[C@H]1[C@H](O)[C@@H](N)[C@@H](O[C@H]2[C@H](O)[C@@H](O[C@H]3O[C@H](CO)[C@@H](O)[C@H](N)[C@H]3O)[C@H](N)C[C@@H]2N)O[C@@H]1CN. The fourth-order valence-corrected chi connectivity index (χ4v) is 5.08. The summed E-state index contributed by atoms with van der Waals surface area (Å²) < 4.78 is 23.1. The highest BCUT2D eigenvalue weighted by Gasteiger charge is 2.51. The van der Waals surface area contributed by atoms with E-state index in [1.807, 2.05) is 0 Å². The van der Waals surface area contributed by atoms with Crippen molar-refractivity contribution in [3.05, 3.63) is 0 Å². The molecule has 0 aromatic heterocycles. The van der Waals surface area contributed by atoms with Crippen molar-refractivity contribution in [1.29, 1.82) is 0 Å². The van der Waals surface area contributed by atoms with Gasteiger partial charge in [0, 0.05) is 18.6 Å². The first kappa shape index (κ1) is 29.0. The summed E-state index contributed by atoms with van der Waals surface area (Å²) in [5, 5.41) is 51.8. The van der Waals surface area contributed by atoms with Crippen LogP contribution in [0.25, 0.3) is 0 Å². The van der Waals surface area contributed by atoms with Crippen LogP contribution in [0.1, 0.15) is 6.42 Å². The fraction of sp³-hybridized carbons (Fsp3) is 1.00. The molecule has 0 aromatic carbocycles. The molecular formula is C20H42N6O9. The number of likely N-dealkylation sites (N-methyl/N-ethyl adjacent to an activating group) is 1. The molecule has 15 nitrogen and oxygen atoms in total. The average molecular weight is 511 g/mol. The van der Waals surface area contributed by atoms with Gasteiger partial charge >= 0.3 is 0 Å². The second kappa shape index (κ2) is 11.8. The molecule has 2 heterocycles. The predicted molar refractivity (Wildman–Crippen MR) is 121 cm³/mol. The smallest absolute Gasteiger partial charge is 0.186 e. The fourth-order valence-electron chi connectivity index (χ4n) is 5.08. The van der Waals surface area contributed by atoms with Gasteiger partial charge in [-0.05, 0) is 20.5 Å². The minimum absolute atomic E-state index is 0.0947. The highest BCUT2D eigenvalue weighted by Crippen LogP contribution is 2.31. The minimum atomic E-state index is -1.46. The van der Waals surface area contributed by atoms with Crippen LogP contribution >= 0.6 is 0 Å². The van der Waals surface area contributed by atoms with Crippen molar-refractivity contribution in [2.75, 3.05) is 27.2 Å². The standard InChI is InChI=1S/C20H42N6O9/c1-26(2)12-8(4-21)32-19(11(25)14(12)29)34-17-6(22)3-7(23)18(16(17)31)35-20-15(30)10(24)13(28)9(5-27)33-20/h6-20,27-31H,3-5,21-25H2,1-2H3/t6-,7+,8+,9+,10-,11+,12+,13+,14+,15+,16-,17+,18-,19+,20+/m0/s1. The van der Waals surface area contributed by atoms with E-state index in [1.54, 1.807) is 19.0 Å². The van der Waals surface area contributed by atoms with E-state index in [1.165, 1.54) is 0 Å². The van der Waals surface area contributed by atoms with Crippen molar-refractivity contribution >= 4 is 0 Å². The molecule has 0 unspecified atom stereocenters. The first-order valence-corrected chi connectivity index (χ1v) is 11.8. The summed E-state index contributed by atoms with van der Waals surface area (Å²) in [7, 11) is 3.54. The summed E-state index contributed by atoms with van der Waals surface area (Å²) in [6.45, 7) is -0.468. The van der Waals surface area contributed by atoms with Gasteiger partial charge in [-0.3, -0.25) is 0 Å². The highest BCUT2D eigenvalue weighted by molar-refractivity contribution is 5.02. The van der Waals surface area contributed by atoms with Crippen molar-refractivity contribution in [3.63, 3.8) is 0 Å². The lowest BCUT2D eigenvalue weighted by Crippen LogP contribution is -2.70. The third-order valence-electron chi connectivity index (χ3n) is 7.16. The topological polar surface area (TPSA) is 271 Å². The quantitative estimate of drug-likeness (QED) is 0.152. The zero-order valence-corrected chi connectivity index (χ0v) is 20.0. The van der Waals surface area contributed by atoms with Crippen molar-refractivity contribution in [2.24, 2.45) is 28.7 Å². The van der Waals surface area contributed by atoms with Gasteiger partial charge < -0.3 is 78.0 Å². The van der Waals surface area contributed by atoms with Gasteiger partial charge in [0.1, 0.15) is 36.6 Å². The van der Waals surface area contributed by atoms with Crippen LogP contribution in [0.15, 0.2) is 0 Å². The Labute approximate surface area is 204 Å². The number of aliphatic hydroxyl groups excluding tert-OH is 5. The Morgan fingerprint density at radius 3 is 1.83 bits per heavy atom. The molecule has 35 heavy (non-hydrogen) atoms. The molecule has 0 spiro atoms. The van der Waals surface area contributed by atoms with E-state index in [0.717, 1.165) is 0 Å². The number of nitrogens with zero attached hydrogens (tertiary/aromatic N) is 1. The molecule has 15 heteroatoms. The molecule has 3 fully saturated rings. The molecule has 1 saturated carbocycles. The Kier molecular flexibility index (Phi) is 9.80. The van der Waals surface area contributed by atoms with E-state index in [0.29, 0.717) is 0 Å². The maximum atomic E-state index is 11.1. The van der Waals surface area contributed by atoms with Crippen LogP contribution in [0.5, 0.6) is 0 Å². The Morgan fingerprint density at radius 1 is 0.771 bits per heavy atom. The van der Waals surface area contributed by atoms with Crippen molar-refractivity contribution in [3.8, 4) is 0 Å². The second-order valence-corrected chi connectivity index (χ2v) is 9.84. The molecule has 15 N–H and O–H groups in total. The number of hydrogen-bond acceptors (Lipinski definition) is 15. The number of ether oxygens (including phenoxy) is 4. The summed E-state index contributed by atoms with van der Waals surface area (Å²) in [6.07, 6.45) is -11.4. The normalized spacial score (nSPS) is 51.5. The van der Waals surface area contributed by atoms with Crippen LogP contribution in [0.4, 0.5) is 0 Å². The first-order chi connectivity index (χ1) is 16.4. The Balaban J connectivity index is 1.73. The highest BCUT2D eigenvalue weighted by atomic mass is 16.7. The zero-order chi connectivity index (χ0) is 26.2. The largest absolute Gasteiger partial charge is 0.394 e. The minimum Gasteiger partial charge on any atom is -0.394 e. The van der Waals surface area contributed by atoms with E-state index < -0.39 is 98.2 Å². The third-order valence-corrected chi connectivity index (χ3v) is 7.16. The molecule has 2 aliphatic heterocycles. The number of nitrogens with two attached hydrogens (primary N) is 5. The van der Waals surface area contributed by atoms with Gasteiger partial charge in [-0.1, -0.05) is 0 Å². The van der Waals surface area contributed by atoms with E-state index in [-0.39, 0.29) is 13.0 Å². The number of hydrogen-bond donors (Lipinski definition) is 10. The van der Waals surface area contributed by atoms with Gasteiger partial charge in [0.15, 0.2) is 12.6 Å². The molecule has 0 bridgehead atoms. The average Bonchev–Trinajstić information content (AvgIpc) is 2.81. The molecule has 2 saturated heterocycles. The van der Waals surface area contributed by atoms with E-state index >= 15 is 0 Å². The van der Waals surface area contributed by atoms with Crippen LogP contribution in [0.3, 0.4) is 0 Å². The molecule has 0 aromatic rings. The molecule has 3 rings (SSSR count). The van der Waals surface area contributed by atoms with E-state index in [2.05, 4.69) is 0 Å². The van der Waals surface area contributed by atoms with Crippen LogP contribution in [0.2, 0.25) is 0 Å². The molecule has 206 valence electrons. The van der Waals surface area contributed by atoms with Gasteiger partial charge in [-0.15, -0.1) is 0 Å². The van der Waals surface area contributed by atoms with Gasteiger partial charge in [-0.25, -0.2) is 0 Å². The van der Waals surface area contributed by atoms with Gasteiger partial charge in [-0.2, -0.15) is 0 Å². The van der Waals surface area contributed by atoms with E-state index in [9.17, 15) is 25.5 Å². The Hall–Kier alpha value is -0.600. The summed E-state index contributed by atoms with van der Waals surface area (Å²) in [5.41, 5.74) is 30.3. The third kappa shape index (κ3) is 5.79. The van der Waals surface area contributed by atoms with Crippen molar-refractivity contribution in [1.82, 2.24) is 4.90 Å². The summed E-state index contributed by atoms with van der Waals surface area (Å²) in [6, 6.07) is -4.10. The predicted octanol–water partition coefficient (Wildman–Crippen LogP) is -6.76. The number of rotatable bonds is 7. The second-order valence-electron chi connectivity index (χ2n) is 9.84. The lowest BCUT2D eigenvalue weighted by atomic mass is 9.84. The monoisotopic (exact) mass is 510 g/mol. The van der Waals surface area contributed by atoms with Crippen molar-refractivity contribution in [2.45, 2.75) is 98.0 Å².